The van der Waals surface area contributed by atoms with Crippen molar-refractivity contribution in [2.75, 3.05) is 0 Å². The third kappa shape index (κ3) is 2.08. The Labute approximate surface area is 108 Å². The number of nitrogens with two attached hydrogens (primary N) is 1. The Morgan fingerprint density at radius 1 is 1.19 bits per heavy atom. The molecule has 0 aliphatic carbocycles. The van der Waals surface area contributed by atoms with E-state index in [1.165, 1.54) is 22.3 Å². The van der Waals surface area contributed by atoms with Gasteiger partial charge in [0.05, 0.1) is 6.04 Å². The number of thiophene rings is 1. The molecule has 0 radical (unpaired) electrons. The Bertz CT molecular complexity index is 484. The van der Waals surface area contributed by atoms with Gasteiger partial charge < -0.3 is 5.73 Å². The summed E-state index contributed by atoms with van der Waals surface area (Å²) >= 11 is 5.22. The zero-order valence-corrected chi connectivity index (χ0v) is 11.7. The molecule has 0 amide bonds. The van der Waals surface area contributed by atoms with Crippen molar-refractivity contribution in [3.8, 4) is 0 Å². The highest BCUT2D eigenvalue weighted by Gasteiger charge is 2.16. The summed E-state index contributed by atoms with van der Waals surface area (Å²) in [6.45, 7) is 4.23. The van der Waals surface area contributed by atoms with E-state index in [0.717, 1.165) is 4.47 Å². The Morgan fingerprint density at radius 3 is 2.31 bits per heavy atom. The quantitative estimate of drug-likeness (QED) is 0.884. The monoisotopic (exact) mass is 295 g/mol. The minimum absolute atomic E-state index is 0.0400. The van der Waals surface area contributed by atoms with Crippen molar-refractivity contribution in [1.29, 1.82) is 0 Å². The van der Waals surface area contributed by atoms with Crippen LogP contribution in [0.4, 0.5) is 0 Å². The molecule has 16 heavy (non-hydrogen) atoms. The minimum Gasteiger partial charge on any atom is -0.320 e. The molecule has 84 valence electrons. The van der Waals surface area contributed by atoms with Crippen LogP contribution in [-0.4, -0.2) is 0 Å². The van der Waals surface area contributed by atoms with Gasteiger partial charge >= 0.3 is 0 Å². The van der Waals surface area contributed by atoms with Crippen LogP contribution in [0, 0.1) is 13.8 Å². The average Bonchev–Trinajstić information content (AvgIpc) is 2.64. The fraction of sp³-hybridized carbons (Fsp3) is 0.231. The predicted molar refractivity (Wildman–Crippen MR) is 74.0 cm³/mol. The van der Waals surface area contributed by atoms with E-state index in [2.05, 4.69) is 58.7 Å². The van der Waals surface area contributed by atoms with Gasteiger partial charge in [0.2, 0.25) is 0 Å². The molecular weight excluding hydrogens is 282 g/mol. The molecule has 2 N–H and O–H groups in total. The van der Waals surface area contributed by atoms with Crippen LogP contribution in [0.3, 0.4) is 0 Å². The Kier molecular flexibility index (Phi) is 3.47. The summed E-state index contributed by atoms with van der Waals surface area (Å²) in [6, 6.07) is 6.26. The second kappa shape index (κ2) is 4.70. The summed E-state index contributed by atoms with van der Waals surface area (Å²) in [7, 11) is 0. The van der Waals surface area contributed by atoms with E-state index in [1.54, 1.807) is 11.3 Å². The van der Waals surface area contributed by atoms with Gasteiger partial charge in [-0.3, -0.25) is 0 Å². The first-order chi connectivity index (χ1) is 7.61. The van der Waals surface area contributed by atoms with Gasteiger partial charge in [-0.1, -0.05) is 18.2 Å². The maximum absolute atomic E-state index is 6.34. The van der Waals surface area contributed by atoms with Crippen LogP contribution in [-0.2, 0) is 0 Å². The van der Waals surface area contributed by atoms with Crippen molar-refractivity contribution in [2.24, 2.45) is 5.73 Å². The summed E-state index contributed by atoms with van der Waals surface area (Å²) in [5.74, 6) is 0. The SMILES string of the molecule is Cc1cccc(C)c1C(N)c1cscc1Br. The number of benzene rings is 1. The third-order valence-corrected chi connectivity index (χ3v) is 4.58. The van der Waals surface area contributed by atoms with Crippen molar-refractivity contribution >= 4 is 27.3 Å². The molecule has 2 aromatic rings. The van der Waals surface area contributed by atoms with E-state index in [9.17, 15) is 0 Å². The van der Waals surface area contributed by atoms with Crippen molar-refractivity contribution in [3.63, 3.8) is 0 Å². The van der Waals surface area contributed by atoms with Crippen LogP contribution in [0.5, 0.6) is 0 Å². The smallest absolute Gasteiger partial charge is 0.0576 e. The molecule has 0 fully saturated rings. The second-order valence-corrected chi connectivity index (χ2v) is 5.56. The summed E-state index contributed by atoms with van der Waals surface area (Å²) in [6.07, 6.45) is 0. The van der Waals surface area contributed by atoms with Crippen LogP contribution in [0.25, 0.3) is 0 Å². The molecule has 0 spiro atoms. The molecule has 1 unspecified atom stereocenters. The van der Waals surface area contributed by atoms with Gasteiger partial charge in [0.25, 0.3) is 0 Å². The Morgan fingerprint density at radius 2 is 1.81 bits per heavy atom. The number of rotatable bonds is 2. The molecule has 1 heterocycles. The molecule has 2 rings (SSSR count). The van der Waals surface area contributed by atoms with Gasteiger partial charge in [-0.25, -0.2) is 0 Å². The predicted octanol–water partition coefficient (Wildman–Crippen LogP) is 4.18. The number of halogens is 1. The van der Waals surface area contributed by atoms with Gasteiger partial charge in [0.1, 0.15) is 0 Å². The lowest BCUT2D eigenvalue weighted by atomic mass is 9.93. The molecule has 1 aromatic carbocycles. The molecule has 0 saturated carbocycles. The lowest BCUT2D eigenvalue weighted by Gasteiger charge is -2.17. The van der Waals surface area contributed by atoms with Gasteiger partial charge in [-0.2, -0.15) is 11.3 Å². The highest BCUT2D eigenvalue weighted by atomic mass is 79.9. The maximum Gasteiger partial charge on any atom is 0.0576 e. The Balaban J connectivity index is 2.49. The molecule has 3 heteroatoms. The molecule has 1 nitrogen and oxygen atoms in total. The van der Waals surface area contributed by atoms with Crippen molar-refractivity contribution < 1.29 is 0 Å². The zero-order chi connectivity index (χ0) is 11.7. The summed E-state index contributed by atoms with van der Waals surface area (Å²) in [4.78, 5) is 0. The molecule has 1 aromatic heterocycles. The first-order valence-electron chi connectivity index (χ1n) is 5.14. The number of aryl methyl sites for hydroxylation is 2. The van der Waals surface area contributed by atoms with Crippen LogP contribution in [0.1, 0.15) is 28.3 Å². The lowest BCUT2D eigenvalue weighted by Crippen LogP contribution is -2.14. The largest absolute Gasteiger partial charge is 0.320 e. The van der Waals surface area contributed by atoms with E-state index < -0.39 is 0 Å². The topological polar surface area (TPSA) is 26.0 Å². The molecular formula is C13H14BrNS. The molecule has 1 atom stereocenters. The molecule has 0 aliphatic heterocycles. The fourth-order valence-electron chi connectivity index (χ4n) is 1.99. The third-order valence-electron chi connectivity index (χ3n) is 2.83. The number of hydrogen-bond donors (Lipinski definition) is 1. The summed E-state index contributed by atoms with van der Waals surface area (Å²) in [5, 5.41) is 4.18. The molecule has 0 saturated heterocycles. The zero-order valence-electron chi connectivity index (χ0n) is 9.33. The van der Waals surface area contributed by atoms with Crippen molar-refractivity contribution in [1.82, 2.24) is 0 Å². The van der Waals surface area contributed by atoms with Crippen molar-refractivity contribution in [2.45, 2.75) is 19.9 Å². The van der Waals surface area contributed by atoms with Gasteiger partial charge in [0.15, 0.2) is 0 Å². The van der Waals surface area contributed by atoms with Crippen LogP contribution in [0.2, 0.25) is 0 Å². The van der Waals surface area contributed by atoms with E-state index in [1.807, 2.05) is 0 Å². The lowest BCUT2D eigenvalue weighted by molar-refractivity contribution is 0.852. The fourth-order valence-corrected chi connectivity index (χ4v) is 3.57. The summed E-state index contributed by atoms with van der Waals surface area (Å²) < 4.78 is 1.10. The van der Waals surface area contributed by atoms with Crippen LogP contribution >= 0.6 is 27.3 Å². The minimum atomic E-state index is -0.0400. The maximum atomic E-state index is 6.34. The average molecular weight is 296 g/mol. The van der Waals surface area contributed by atoms with Crippen molar-refractivity contribution in [3.05, 3.63) is 55.7 Å². The van der Waals surface area contributed by atoms with E-state index in [-0.39, 0.29) is 6.04 Å². The second-order valence-electron chi connectivity index (χ2n) is 3.96. The van der Waals surface area contributed by atoms with E-state index in [0.29, 0.717) is 0 Å². The van der Waals surface area contributed by atoms with Crippen LogP contribution < -0.4 is 5.73 Å². The number of hydrogen-bond acceptors (Lipinski definition) is 2. The molecule has 0 bridgehead atoms. The van der Waals surface area contributed by atoms with Gasteiger partial charge in [-0.15, -0.1) is 0 Å². The van der Waals surface area contributed by atoms with Gasteiger partial charge in [0, 0.05) is 9.85 Å². The highest BCUT2D eigenvalue weighted by molar-refractivity contribution is 9.10. The first-order valence-corrected chi connectivity index (χ1v) is 6.88. The van der Waals surface area contributed by atoms with E-state index >= 15 is 0 Å². The normalized spacial score (nSPS) is 12.8. The summed E-state index contributed by atoms with van der Waals surface area (Å²) in [5.41, 5.74) is 11.3. The first kappa shape index (κ1) is 11.8. The highest BCUT2D eigenvalue weighted by Crippen LogP contribution is 2.32. The van der Waals surface area contributed by atoms with E-state index in [4.69, 9.17) is 5.73 Å². The van der Waals surface area contributed by atoms with Crippen LogP contribution in [0.15, 0.2) is 33.4 Å². The standard InChI is InChI=1S/C13H14BrNS/c1-8-4-3-5-9(2)12(8)13(15)10-6-16-7-11(10)14/h3-7,13H,15H2,1-2H3. The Hall–Kier alpha value is -0.640. The van der Waals surface area contributed by atoms with Gasteiger partial charge in [-0.05, 0) is 57.4 Å². The molecule has 0 aliphatic rings.